The molecule has 2 nitrogen and oxygen atoms in total. The third-order valence-corrected chi connectivity index (χ3v) is 11.8. The van der Waals surface area contributed by atoms with Gasteiger partial charge in [0.1, 0.15) is 0 Å². The standard InChI is InChI=1S/C17H32OSi.C10H14O/c1-9-13(2)15-11-10-14(3)16(12-15)18-19(7,8)17(4,5)6;1-7(2)9-5-4-8(3)10(11)6-9/h10,15-16H,2,9,11-12H2,1,3-8H3;4,9H,1,5-6H2,2-3H3/t15-,16-;9-/m11/s1. The van der Waals surface area contributed by atoms with Crippen LogP contribution in [0.4, 0.5) is 0 Å². The summed E-state index contributed by atoms with van der Waals surface area (Å²) in [5.74, 6) is 1.29. The van der Waals surface area contributed by atoms with Crippen LogP contribution >= 0.6 is 0 Å². The van der Waals surface area contributed by atoms with Crippen molar-refractivity contribution in [2.24, 2.45) is 11.8 Å². The quantitative estimate of drug-likeness (QED) is 0.324. The summed E-state index contributed by atoms with van der Waals surface area (Å²) in [7, 11) is -1.68. The average Bonchev–Trinajstić information content (AvgIpc) is 2.64. The van der Waals surface area contributed by atoms with Crippen LogP contribution in [0.2, 0.25) is 18.1 Å². The molecular weight excluding hydrogens is 384 g/mol. The van der Waals surface area contributed by atoms with Gasteiger partial charge in [0.2, 0.25) is 0 Å². The fourth-order valence-electron chi connectivity index (χ4n) is 3.57. The fraction of sp³-hybridized carbons (Fsp3) is 0.667. The van der Waals surface area contributed by atoms with Crippen molar-refractivity contribution in [2.45, 2.75) is 105 Å². The second kappa shape index (κ2) is 10.9. The van der Waals surface area contributed by atoms with Crippen LogP contribution in [0.5, 0.6) is 0 Å². The number of allylic oxidation sites excluding steroid dienone is 5. The number of rotatable bonds is 5. The zero-order chi connectivity index (χ0) is 23.3. The van der Waals surface area contributed by atoms with Crippen molar-refractivity contribution in [3.05, 3.63) is 47.6 Å². The Labute approximate surface area is 187 Å². The van der Waals surface area contributed by atoms with Crippen LogP contribution in [-0.4, -0.2) is 20.2 Å². The lowest BCUT2D eigenvalue weighted by Gasteiger charge is -2.41. The van der Waals surface area contributed by atoms with Gasteiger partial charge in [0, 0.05) is 6.42 Å². The molecule has 0 aromatic heterocycles. The van der Waals surface area contributed by atoms with Crippen molar-refractivity contribution >= 4 is 14.1 Å². The summed E-state index contributed by atoms with van der Waals surface area (Å²) >= 11 is 0. The van der Waals surface area contributed by atoms with Gasteiger partial charge in [-0.2, -0.15) is 0 Å². The molecule has 0 amide bonds. The first-order chi connectivity index (χ1) is 13.7. The van der Waals surface area contributed by atoms with Gasteiger partial charge in [-0.3, -0.25) is 4.79 Å². The molecule has 0 aromatic carbocycles. The highest BCUT2D eigenvalue weighted by Crippen LogP contribution is 2.40. The molecule has 0 radical (unpaired) electrons. The zero-order valence-electron chi connectivity index (χ0n) is 21.2. The molecule has 0 fully saturated rings. The Hall–Kier alpha value is -1.19. The van der Waals surface area contributed by atoms with Crippen molar-refractivity contribution in [3.8, 4) is 0 Å². The highest BCUT2D eigenvalue weighted by atomic mass is 28.4. The van der Waals surface area contributed by atoms with E-state index in [4.69, 9.17) is 4.43 Å². The second-order valence-corrected chi connectivity index (χ2v) is 15.5. The first kappa shape index (κ1) is 26.8. The van der Waals surface area contributed by atoms with Gasteiger partial charge < -0.3 is 4.43 Å². The van der Waals surface area contributed by atoms with Crippen LogP contribution in [0.15, 0.2) is 47.6 Å². The van der Waals surface area contributed by atoms with E-state index in [0.717, 1.165) is 36.8 Å². The number of hydrogen-bond donors (Lipinski definition) is 0. The maximum Gasteiger partial charge on any atom is 0.192 e. The normalized spacial score (nSPS) is 25.0. The van der Waals surface area contributed by atoms with Crippen LogP contribution in [0.1, 0.15) is 80.6 Å². The minimum absolute atomic E-state index is 0.280. The molecule has 0 aromatic rings. The number of carbonyl (C=O) groups is 1. The van der Waals surface area contributed by atoms with E-state index in [2.05, 4.69) is 66.9 Å². The molecule has 30 heavy (non-hydrogen) atoms. The van der Waals surface area contributed by atoms with E-state index in [1.54, 1.807) is 0 Å². The van der Waals surface area contributed by atoms with Gasteiger partial charge >= 0.3 is 0 Å². The van der Waals surface area contributed by atoms with Crippen molar-refractivity contribution in [1.29, 1.82) is 0 Å². The van der Waals surface area contributed by atoms with Gasteiger partial charge in [-0.25, -0.2) is 0 Å². The Morgan fingerprint density at radius 2 is 1.70 bits per heavy atom. The van der Waals surface area contributed by atoms with Gasteiger partial charge in [0.05, 0.1) is 6.10 Å². The Morgan fingerprint density at radius 3 is 2.17 bits per heavy atom. The summed E-state index contributed by atoms with van der Waals surface area (Å²) in [5, 5.41) is 0.280. The van der Waals surface area contributed by atoms with Gasteiger partial charge in [0.25, 0.3) is 0 Å². The summed E-state index contributed by atoms with van der Waals surface area (Å²) < 4.78 is 6.61. The molecule has 0 heterocycles. The number of carbonyl (C=O) groups excluding carboxylic acids is 1. The van der Waals surface area contributed by atoms with Crippen LogP contribution in [-0.2, 0) is 9.22 Å². The monoisotopic (exact) mass is 430 g/mol. The van der Waals surface area contributed by atoms with Gasteiger partial charge in [-0.1, -0.05) is 64.2 Å². The van der Waals surface area contributed by atoms with Gasteiger partial charge in [-0.15, -0.1) is 0 Å². The van der Waals surface area contributed by atoms with Crippen molar-refractivity contribution < 1.29 is 9.22 Å². The average molecular weight is 431 g/mol. The maximum atomic E-state index is 11.2. The molecule has 170 valence electrons. The molecule has 0 spiro atoms. The summed E-state index contributed by atoms with van der Waals surface area (Å²) in [6.07, 6.45) is 9.72. The Kier molecular flexibility index (Phi) is 9.76. The van der Waals surface area contributed by atoms with Gasteiger partial charge in [-0.05, 0) is 87.6 Å². The molecule has 2 rings (SSSR count). The third kappa shape index (κ3) is 7.49. The predicted molar refractivity (Wildman–Crippen MR) is 134 cm³/mol. The molecule has 3 heteroatoms. The first-order valence-corrected chi connectivity index (χ1v) is 14.5. The lowest BCUT2D eigenvalue weighted by atomic mass is 9.83. The molecule has 0 aliphatic heterocycles. The van der Waals surface area contributed by atoms with Gasteiger partial charge in [0.15, 0.2) is 14.1 Å². The number of hydrogen-bond acceptors (Lipinski definition) is 2. The SMILES string of the molecule is C=C(C)[C@@H]1CC=C(C)C(=O)C1.C=C(CC)[C@@H]1CC=C(C)[C@H](O[Si](C)(C)C(C)(C)C)C1. The van der Waals surface area contributed by atoms with Crippen molar-refractivity contribution in [3.63, 3.8) is 0 Å². The second-order valence-electron chi connectivity index (χ2n) is 10.8. The highest BCUT2D eigenvalue weighted by Gasteiger charge is 2.40. The Balaban J connectivity index is 0.000000346. The minimum Gasteiger partial charge on any atom is -0.410 e. The highest BCUT2D eigenvalue weighted by molar-refractivity contribution is 6.74. The first-order valence-electron chi connectivity index (χ1n) is 11.6. The van der Waals surface area contributed by atoms with E-state index in [1.807, 2.05) is 19.9 Å². The summed E-state index contributed by atoms with van der Waals surface area (Å²) in [5.41, 5.74) is 4.85. The van der Waals surface area contributed by atoms with E-state index in [0.29, 0.717) is 24.4 Å². The van der Waals surface area contributed by atoms with E-state index in [-0.39, 0.29) is 10.8 Å². The van der Waals surface area contributed by atoms with Crippen LogP contribution in [0, 0.1) is 11.8 Å². The molecule has 0 N–H and O–H groups in total. The summed E-state index contributed by atoms with van der Waals surface area (Å²) in [6, 6.07) is 0. The third-order valence-electron chi connectivity index (χ3n) is 7.28. The van der Waals surface area contributed by atoms with E-state index >= 15 is 0 Å². The van der Waals surface area contributed by atoms with E-state index in [9.17, 15) is 4.79 Å². The fourth-order valence-corrected chi connectivity index (χ4v) is 4.92. The lowest BCUT2D eigenvalue weighted by molar-refractivity contribution is -0.116. The predicted octanol–water partition coefficient (Wildman–Crippen LogP) is 8.19. The van der Waals surface area contributed by atoms with E-state index in [1.165, 1.54) is 11.1 Å². The summed E-state index contributed by atoms with van der Waals surface area (Å²) in [6.45, 7) is 28.0. The number of ketones is 1. The minimum atomic E-state index is -1.68. The maximum absolute atomic E-state index is 11.2. The van der Waals surface area contributed by atoms with E-state index < -0.39 is 8.32 Å². The molecular formula is C27H46O2Si. The molecule has 2 aliphatic rings. The molecule has 0 unspecified atom stereocenters. The lowest BCUT2D eigenvalue weighted by Crippen LogP contribution is -2.45. The molecule has 0 saturated heterocycles. The molecule has 0 saturated carbocycles. The van der Waals surface area contributed by atoms with Crippen LogP contribution in [0.3, 0.4) is 0 Å². The summed E-state index contributed by atoms with van der Waals surface area (Å²) in [4.78, 5) is 11.2. The van der Waals surface area contributed by atoms with Crippen LogP contribution in [0.25, 0.3) is 0 Å². The molecule has 3 atom stereocenters. The van der Waals surface area contributed by atoms with Crippen molar-refractivity contribution in [1.82, 2.24) is 0 Å². The largest absolute Gasteiger partial charge is 0.410 e. The topological polar surface area (TPSA) is 26.3 Å². The Bertz CT molecular complexity index is 703. The number of Topliss-reactive ketones (excluding diaryl/α,β-unsaturated/α-hetero) is 1. The van der Waals surface area contributed by atoms with Crippen LogP contribution < -0.4 is 0 Å². The Morgan fingerprint density at radius 1 is 1.13 bits per heavy atom. The zero-order valence-corrected chi connectivity index (χ0v) is 22.2. The van der Waals surface area contributed by atoms with Crippen molar-refractivity contribution in [2.75, 3.05) is 0 Å². The molecule has 2 aliphatic carbocycles. The molecule has 0 bridgehead atoms. The smallest absolute Gasteiger partial charge is 0.192 e.